The van der Waals surface area contributed by atoms with E-state index in [1.165, 1.54) is 0 Å². The Labute approximate surface area is 182 Å². The highest BCUT2D eigenvalue weighted by Gasteiger charge is 2.31. The van der Waals surface area contributed by atoms with Crippen molar-refractivity contribution in [3.05, 3.63) is 58.8 Å². The molecule has 0 bridgehead atoms. The number of fused-ring (bicyclic) bond motifs is 1. The van der Waals surface area contributed by atoms with Crippen LogP contribution in [0, 0.1) is 12.8 Å². The Bertz CT molecular complexity index is 1060. The van der Waals surface area contributed by atoms with Gasteiger partial charge in [-0.1, -0.05) is 12.1 Å². The van der Waals surface area contributed by atoms with Gasteiger partial charge >= 0.3 is 5.97 Å². The van der Waals surface area contributed by atoms with Crippen molar-refractivity contribution in [2.24, 2.45) is 5.92 Å². The van der Waals surface area contributed by atoms with E-state index >= 15 is 0 Å². The summed E-state index contributed by atoms with van der Waals surface area (Å²) < 4.78 is 11.2. The van der Waals surface area contributed by atoms with Gasteiger partial charge in [-0.25, -0.2) is 4.79 Å². The molecule has 7 nitrogen and oxygen atoms in total. The van der Waals surface area contributed by atoms with Crippen LogP contribution in [0.5, 0.6) is 5.75 Å². The molecule has 0 aliphatic carbocycles. The highest BCUT2D eigenvalue weighted by molar-refractivity contribution is 5.88. The van der Waals surface area contributed by atoms with Crippen LogP contribution < -0.4 is 4.74 Å². The van der Waals surface area contributed by atoms with Gasteiger partial charge in [0.25, 0.3) is 0 Å². The molecule has 2 heterocycles. The minimum Gasteiger partial charge on any atom is -0.496 e. The summed E-state index contributed by atoms with van der Waals surface area (Å²) in [5, 5.41) is 17.7. The van der Waals surface area contributed by atoms with Crippen molar-refractivity contribution in [3.63, 3.8) is 0 Å². The fourth-order valence-corrected chi connectivity index (χ4v) is 4.71. The van der Waals surface area contributed by atoms with Crippen LogP contribution in [0.4, 0.5) is 0 Å². The van der Waals surface area contributed by atoms with Gasteiger partial charge < -0.3 is 14.6 Å². The number of nitrogens with zero attached hydrogens (tertiary/aromatic N) is 2. The van der Waals surface area contributed by atoms with E-state index in [0.717, 1.165) is 65.9 Å². The van der Waals surface area contributed by atoms with E-state index in [0.29, 0.717) is 11.5 Å². The number of hydrogen-bond donors (Lipinski definition) is 2. The molecule has 2 aromatic carbocycles. The Hall–Kier alpha value is -2.90. The second-order valence-electron chi connectivity index (χ2n) is 8.29. The van der Waals surface area contributed by atoms with Crippen LogP contribution >= 0.6 is 0 Å². The average Bonchev–Trinajstić information content (AvgIpc) is 3.27. The zero-order valence-corrected chi connectivity index (χ0v) is 18.2. The molecule has 1 aliphatic rings. The van der Waals surface area contributed by atoms with Gasteiger partial charge in [0.1, 0.15) is 5.75 Å². The predicted molar refractivity (Wildman–Crippen MR) is 119 cm³/mol. The van der Waals surface area contributed by atoms with Crippen molar-refractivity contribution in [1.82, 2.24) is 15.1 Å². The molecule has 1 unspecified atom stereocenters. The number of aromatic nitrogens is 2. The second-order valence-corrected chi connectivity index (χ2v) is 8.29. The maximum absolute atomic E-state index is 11.3. The van der Waals surface area contributed by atoms with Crippen LogP contribution in [0.2, 0.25) is 0 Å². The number of carbonyl (C=O) groups is 1. The van der Waals surface area contributed by atoms with Gasteiger partial charge in [0.15, 0.2) is 0 Å². The lowest BCUT2D eigenvalue weighted by Crippen LogP contribution is -2.37. The molecule has 2 N–H and O–H groups in total. The van der Waals surface area contributed by atoms with Crippen LogP contribution in [0.15, 0.2) is 36.5 Å². The molecule has 2 atom stereocenters. The Morgan fingerprint density at radius 2 is 2.06 bits per heavy atom. The number of ether oxygens (including phenoxy) is 2. The lowest BCUT2D eigenvalue weighted by atomic mass is 9.86. The van der Waals surface area contributed by atoms with Crippen LogP contribution in [-0.2, 0) is 11.3 Å². The van der Waals surface area contributed by atoms with Crippen molar-refractivity contribution in [2.45, 2.75) is 32.4 Å². The van der Waals surface area contributed by atoms with Crippen molar-refractivity contribution in [2.75, 3.05) is 27.4 Å². The van der Waals surface area contributed by atoms with Crippen molar-refractivity contribution < 1.29 is 19.4 Å². The third kappa shape index (κ3) is 4.29. The molecule has 0 amide bonds. The number of benzene rings is 2. The zero-order valence-electron chi connectivity index (χ0n) is 18.2. The summed E-state index contributed by atoms with van der Waals surface area (Å²) in [4.78, 5) is 13.7. The summed E-state index contributed by atoms with van der Waals surface area (Å²) in [5.41, 5.74) is 4.69. The van der Waals surface area contributed by atoms with E-state index in [1.807, 2.05) is 18.3 Å². The van der Waals surface area contributed by atoms with Crippen LogP contribution in [0.25, 0.3) is 10.9 Å². The topological polar surface area (TPSA) is 87.7 Å². The first-order valence-electron chi connectivity index (χ1n) is 10.6. The van der Waals surface area contributed by atoms with Crippen LogP contribution in [0.1, 0.15) is 45.9 Å². The van der Waals surface area contributed by atoms with Gasteiger partial charge in [-0.3, -0.25) is 10.00 Å². The molecule has 1 aliphatic heterocycles. The van der Waals surface area contributed by atoms with E-state index < -0.39 is 5.97 Å². The fourth-order valence-electron chi connectivity index (χ4n) is 4.71. The van der Waals surface area contributed by atoms with Crippen molar-refractivity contribution in [1.29, 1.82) is 0 Å². The van der Waals surface area contributed by atoms with Crippen LogP contribution in [0.3, 0.4) is 0 Å². The quantitative estimate of drug-likeness (QED) is 0.593. The largest absolute Gasteiger partial charge is 0.496 e. The molecule has 1 aromatic heterocycles. The summed E-state index contributed by atoms with van der Waals surface area (Å²) in [6.07, 6.45) is 3.89. The Morgan fingerprint density at radius 3 is 2.74 bits per heavy atom. The summed E-state index contributed by atoms with van der Waals surface area (Å²) in [6, 6.07) is 9.49. The van der Waals surface area contributed by atoms with Gasteiger partial charge in [-0.2, -0.15) is 5.10 Å². The Morgan fingerprint density at radius 1 is 1.29 bits per heavy atom. The van der Waals surface area contributed by atoms with Gasteiger partial charge in [0, 0.05) is 37.3 Å². The van der Waals surface area contributed by atoms with Gasteiger partial charge in [0.05, 0.1) is 24.4 Å². The maximum Gasteiger partial charge on any atom is 0.335 e. The third-order valence-corrected chi connectivity index (χ3v) is 6.35. The van der Waals surface area contributed by atoms with Crippen molar-refractivity contribution in [3.8, 4) is 5.75 Å². The fraction of sp³-hybridized carbons (Fsp3) is 0.417. The molecule has 0 spiro atoms. The lowest BCUT2D eigenvalue weighted by Gasteiger charge is -2.40. The highest BCUT2D eigenvalue weighted by atomic mass is 16.5. The number of carboxylic acid groups (broad SMARTS) is 1. The molecule has 3 aromatic rings. The predicted octanol–water partition coefficient (Wildman–Crippen LogP) is 4.18. The molecule has 1 fully saturated rings. The minimum absolute atomic E-state index is 0.171. The number of aromatic carboxylic acids is 1. The number of carboxylic acids is 1. The molecular formula is C24H29N3O4. The summed E-state index contributed by atoms with van der Waals surface area (Å²) >= 11 is 0. The summed E-state index contributed by atoms with van der Waals surface area (Å²) in [6.45, 7) is 4.44. The Balaban J connectivity index is 1.69. The minimum atomic E-state index is -0.906. The monoisotopic (exact) mass is 423 g/mol. The number of aryl methyl sites for hydroxylation is 1. The van der Waals surface area contributed by atoms with E-state index in [9.17, 15) is 9.90 Å². The first kappa shape index (κ1) is 21.3. The molecule has 4 rings (SSSR count). The van der Waals surface area contributed by atoms with Crippen LogP contribution in [-0.4, -0.2) is 53.5 Å². The molecule has 0 saturated carbocycles. The molecule has 31 heavy (non-hydrogen) atoms. The number of rotatable bonds is 7. The summed E-state index contributed by atoms with van der Waals surface area (Å²) in [5.74, 6) is 0.431. The van der Waals surface area contributed by atoms with Crippen molar-refractivity contribution >= 4 is 16.9 Å². The van der Waals surface area contributed by atoms with Gasteiger partial charge in [-0.05, 0) is 61.6 Å². The molecule has 7 heteroatoms. The highest BCUT2D eigenvalue weighted by Crippen LogP contribution is 2.38. The lowest BCUT2D eigenvalue weighted by molar-refractivity contribution is 0.0579. The first-order valence-corrected chi connectivity index (χ1v) is 10.6. The normalized spacial score (nSPS) is 19.6. The van der Waals surface area contributed by atoms with E-state index in [-0.39, 0.29) is 6.04 Å². The van der Waals surface area contributed by atoms with E-state index in [2.05, 4.69) is 28.1 Å². The Kier molecular flexibility index (Phi) is 6.25. The molecular weight excluding hydrogens is 394 g/mol. The number of H-pyrrole nitrogens is 1. The standard InChI is InChI=1S/C24H29N3O4/c1-15-10-22(31-3)20(19-12-25-26-23(15)19)13-27-9-8-16(14-30-2)11-21(27)17-4-6-18(7-5-17)24(28)29/h4-7,10,12,16,21H,8-9,11,13-14H2,1-3H3,(H,25,26)(H,28,29)/t16?,21-/m0/s1. The number of hydrogen-bond acceptors (Lipinski definition) is 5. The van der Waals surface area contributed by atoms with Gasteiger partial charge in [-0.15, -0.1) is 0 Å². The number of likely N-dealkylation sites (tertiary alicyclic amines) is 1. The third-order valence-electron chi connectivity index (χ3n) is 6.35. The summed E-state index contributed by atoms with van der Waals surface area (Å²) in [7, 11) is 3.45. The smallest absolute Gasteiger partial charge is 0.335 e. The zero-order chi connectivity index (χ0) is 22.0. The SMILES string of the molecule is COCC1CCN(Cc2c(OC)cc(C)c3[nH]ncc23)[C@H](c2ccc(C(=O)O)cc2)C1. The maximum atomic E-state index is 11.3. The van der Waals surface area contributed by atoms with E-state index in [1.54, 1.807) is 26.4 Å². The molecule has 164 valence electrons. The number of piperidine rings is 1. The number of nitrogens with one attached hydrogen (secondary N) is 1. The van der Waals surface area contributed by atoms with E-state index in [4.69, 9.17) is 9.47 Å². The molecule has 0 radical (unpaired) electrons. The number of methoxy groups -OCH3 is 2. The van der Waals surface area contributed by atoms with Gasteiger partial charge in [0.2, 0.25) is 0 Å². The molecule has 1 saturated heterocycles. The second kappa shape index (κ2) is 9.08. The average molecular weight is 424 g/mol. The number of aromatic amines is 1. The first-order chi connectivity index (χ1) is 15.0.